The highest BCUT2D eigenvalue weighted by atomic mass is 32.1. The lowest BCUT2D eigenvalue weighted by molar-refractivity contribution is 0.112. The van der Waals surface area contributed by atoms with E-state index in [9.17, 15) is 4.79 Å². The number of hydrogen-bond acceptors (Lipinski definition) is 6. The Bertz CT molecular complexity index is 491. The summed E-state index contributed by atoms with van der Waals surface area (Å²) >= 11 is 1.49. The van der Waals surface area contributed by atoms with Crippen LogP contribution < -0.4 is 4.90 Å². The maximum atomic E-state index is 11.2. The average molecular weight is 295 g/mol. The average Bonchev–Trinajstić information content (AvgIpc) is 3.04. The van der Waals surface area contributed by atoms with Crippen molar-refractivity contribution in [2.24, 2.45) is 0 Å². The second kappa shape index (κ2) is 5.79. The van der Waals surface area contributed by atoms with Crippen molar-refractivity contribution < 1.29 is 9.53 Å². The fourth-order valence-corrected chi connectivity index (χ4v) is 4.25. The molecule has 2 fully saturated rings. The molecule has 3 rings (SSSR count). The third-order valence-electron chi connectivity index (χ3n) is 4.29. The molecule has 2 saturated heterocycles. The van der Waals surface area contributed by atoms with Crippen molar-refractivity contribution in [1.29, 1.82) is 0 Å². The van der Waals surface area contributed by atoms with E-state index in [4.69, 9.17) is 4.74 Å². The maximum Gasteiger partial charge on any atom is 0.186 e. The first-order chi connectivity index (χ1) is 9.72. The van der Waals surface area contributed by atoms with E-state index in [1.54, 1.807) is 7.11 Å². The van der Waals surface area contributed by atoms with Crippen LogP contribution in [-0.2, 0) is 11.3 Å². The summed E-state index contributed by atoms with van der Waals surface area (Å²) in [7, 11) is 1.63. The van der Waals surface area contributed by atoms with Gasteiger partial charge in [0.1, 0.15) is 0 Å². The molecular formula is C14H21N3O2S. The van der Waals surface area contributed by atoms with Crippen LogP contribution in [0.1, 0.15) is 35.1 Å². The molecule has 20 heavy (non-hydrogen) atoms. The number of hydrogen-bond donors (Lipinski definition) is 0. The van der Waals surface area contributed by atoms with Crippen LogP contribution in [0.3, 0.4) is 0 Å². The Labute approximate surface area is 123 Å². The Hall–Kier alpha value is -0.980. The highest BCUT2D eigenvalue weighted by molar-refractivity contribution is 7.17. The molecule has 2 atom stereocenters. The number of rotatable bonds is 4. The topological polar surface area (TPSA) is 45.7 Å². The number of thiazole rings is 1. The summed E-state index contributed by atoms with van der Waals surface area (Å²) < 4.78 is 5.13. The number of ether oxygens (including phenoxy) is 1. The molecule has 0 radical (unpaired) electrons. The predicted octanol–water partition coefficient (Wildman–Crippen LogP) is 1.77. The van der Waals surface area contributed by atoms with Crippen LogP contribution in [0.5, 0.6) is 0 Å². The number of fused-ring (bicyclic) bond motifs is 1. The summed E-state index contributed by atoms with van der Waals surface area (Å²) in [5, 5.41) is 0.971. The van der Waals surface area contributed by atoms with E-state index < -0.39 is 0 Å². The van der Waals surface area contributed by atoms with E-state index in [0.717, 1.165) is 30.2 Å². The fourth-order valence-electron chi connectivity index (χ4n) is 3.26. The number of aldehydes is 1. The zero-order valence-electron chi connectivity index (χ0n) is 12.0. The van der Waals surface area contributed by atoms with Crippen molar-refractivity contribution >= 4 is 22.8 Å². The number of methoxy groups -OCH3 is 1. The molecule has 0 aromatic carbocycles. The third-order valence-corrected chi connectivity index (χ3v) is 5.35. The van der Waals surface area contributed by atoms with E-state index in [2.05, 4.69) is 21.7 Å². The largest absolute Gasteiger partial charge is 0.378 e. The third kappa shape index (κ3) is 2.47. The molecule has 1 aromatic heterocycles. The Morgan fingerprint density at radius 3 is 3.10 bits per heavy atom. The van der Waals surface area contributed by atoms with E-state index in [0.29, 0.717) is 23.6 Å². The van der Waals surface area contributed by atoms with Crippen molar-refractivity contribution in [2.75, 3.05) is 31.6 Å². The smallest absolute Gasteiger partial charge is 0.186 e. The van der Waals surface area contributed by atoms with Gasteiger partial charge in [-0.2, -0.15) is 0 Å². The molecule has 0 amide bonds. The first-order valence-corrected chi connectivity index (χ1v) is 7.99. The van der Waals surface area contributed by atoms with Gasteiger partial charge in [0.2, 0.25) is 0 Å². The normalized spacial score (nSPS) is 26.8. The monoisotopic (exact) mass is 295 g/mol. The van der Waals surface area contributed by atoms with E-state index in [1.165, 1.54) is 30.7 Å². The maximum absolute atomic E-state index is 11.2. The van der Waals surface area contributed by atoms with Crippen molar-refractivity contribution in [1.82, 2.24) is 9.88 Å². The van der Waals surface area contributed by atoms with E-state index >= 15 is 0 Å². The zero-order chi connectivity index (χ0) is 14.1. The molecule has 0 spiro atoms. The van der Waals surface area contributed by atoms with Crippen molar-refractivity contribution in [3.05, 3.63) is 10.6 Å². The molecule has 5 nitrogen and oxygen atoms in total. The number of piperazine rings is 1. The highest BCUT2D eigenvalue weighted by Gasteiger charge is 2.35. The lowest BCUT2D eigenvalue weighted by Crippen LogP contribution is -2.55. The molecular weight excluding hydrogens is 274 g/mol. The van der Waals surface area contributed by atoms with Crippen LogP contribution >= 0.6 is 11.3 Å². The lowest BCUT2D eigenvalue weighted by atomic mass is 10.1. The molecule has 2 aliphatic heterocycles. The first kappa shape index (κ1) is 14.0. The van der Waals surface area contributed by atoms with Gasteiger partial charge in [0.15, 0.2) is 11.4 Å². The summed E-state index contributed by atoms with van der Waals surface area (Å²) in [5.41, 5.74) is 0.767. The Kier molecular flexibility index (Phi) is 4.05. The van der Waals surface area contributed by atoms with Crippen LogP contribution in [0.2, 0.25) is 0 Å². The number of carbonyl (C=O) groups is 1. The van der Waals surface area contributed by atoms with Gasteiger partial charge in [0.05, 0.1) is 17.2 Å². The summed E-state index contributed by atoms with van der Waals surface area (Å²) in [6.07, 6.45) is 3.48. The van der Waals surface area contributed by atoms with E-state index in [1.807, 2.05) is 0 Å². The highest BCUT2D eigenvalue weighted by Crippen LogP contribution is 2.32. The Balaban J connectivity index is 1.82. The minimum atomic E-state index is 0.405. The number of nitrogens with zero attached hydrogens (tertiary/aromatic N) is 3. The SMILES string of the molecule is COCc1nc(N2CC3CCCN3CC2C)sc1C=O. The second-order valence-electron chi connectivity index (χ2n) is 5.65. The summed E-state index contributed by atoms with van der Waals surface area (Å²) in [6.45, 7) is 6.00. The molecule has 110 valence electrons. The molecule has 6 heteroatoms. The van der Waals surface area contributed by atoms with Gasteiger partial charge in [0.25, 0.3) is 0 Å². The van der Waals surface area contributed by atoms with Crippen molar-refractivity contribution in [3.8, 4) is 0 Å². The standard InChI is InChI=1S/C14H21N3O2S/c1-10-6-16-5-3-4-11(16)7-17(10)14-15-12(9-19-2)13(8-18)20-14/h8,10-11H,3-7,9H2,1-2H3. The summed E-state index contributed by atoms with van der Waals surface area (Å²) in [6, 6.07) is 1.10. The quantitative estimate of drug-likeness (QED) is 0.792. The van der Waals surface area contributed by atoms with E-state index in [-0.39, 0.29) is 0 Å². The molecule has 1 aromatic rings. The molecule has 2 aliphatic rings. The molecule has 0 bridgehead atoms. The molecule has 2 unspecified atom stereocenters. The van der Waals surface area contributed by atoms with Gasteiger partial charge < -0.3 is 9.64 Å². The molecule has 0 aliphatic carbocycles. The van der Waals surface area contributed by atoms with Crippen molar-refractivity contribution in [3.63, 3.8) is 0 Å². The first-order valence-electron chi connectivity index (χ1n) is 7.17. The van der Waals surface area contributed by atoms with Crippen LogP contribution in [0.15, 0.2) is 0 Å². The Morgan fingerprint density at radius 2 is 2.35 bits per heavy atom. The van der Waals surface area contributed by atoms with Crippen molar-refractivity contribution in [2.45, 2.75) is 38.5 Å². The van der Waals surface area contributed by atoms with Gasteiger partial charge in [-0.25, -0.2) is 4.98 Å². The molecule has 3 heterocycles. The number of aromatic nitrogens is 1. The van der Waals surface area contributed by atoms with Crippen LogP contribution in [0.4, 0.5) is 5.13 Å². The fraction of sp³-hybridized carbons (Fsp3) is 0.714. The van der Waals surface area contributed by atoms with Gasteiger partial charge >= 0.3 is 0 Å². The van der Waals surface area contributed by atoms with Gasteiger partial charge in [-0.1, -0.05) is 11.3 Å². The summed E-state index contributed by atoms with van der Waals surface area (Å²) in [4.78, 5) is 21.4. The predicted molar refractivity (Wildman–Crippen MR) is 79.6 cm³/mol. The van der Waals surface area contributed by atoms with Gasteiger partial charge in [-0.05, 0) is 26.3 Å². The summed E-state index contributed by atoms with van der Waals surface area (Å²) in [5.74, 6) is 0. The minimum Gasteiger partial charge on any atom is -0.378 e. The van der Waals surface area contributed by atoms with Crippen LogP contribution in [-0.4, -0.2) is 55.0 Å². The van der Waals surface area contributed by atoms with Crippen LogP contribution in [0, 0.1) is 0 Å². The number of carbonyl (C=O) groups excluding carboxylic acids is 1. The zero-order valence-corrected chi connectivity index (χ0v) is 12.9. The second-order valence-corrected chi connectivity index (χ2v) is 6.66. The minimum absolute atomic E-state index is 0.405. The van der Waals surface area contributed by atoms with Gasteiger partial charge in [-0.15, -0.1) is 0 Å². The molecule has 0 saturated carbocycles. The number of anilines is 1. The molecule has 0 N–H and O–H groups in total. The Morgan fingerprint density at radius 1 is 1.50 bits per heavy atom. The lowest BCUT2D eigenvalue weighted by Gasteiger charge is -2.42. The van der Waals surface area contributed by atoms with Gasteiger partial charge in [0, 0.05) is 32.3 Å². The van der Waals surface area contributed by atoms with Crippen LogP contribution in [0.25, 0.3) is 0 Å². The van der Waals surface area contributed by atoms with Gasteiger partial charge in [-0.3, -0.25) is 9.69 Å².